The van der Waals surface area contributed by atoms with Crippen molar-refractivity contribution in [2.45, 2.75) is 33.0 Å². The van der Waals surface area contributed by atoms with Crippen LogP contribution in [0.3, 0.4) is 0 Å². The summed E-state index contributed by atoms with van der Waals surface area (Å²) >= 11 is 0. The van der Waals surface area contributed by atoms with E-state index in [1.807, 2.05) is 19.1 Å². The Morgan fingerprint density at radius 3 is 2.69 bits per heavy atom. The predicted molar refractivity (Wildman–Crippen MR) is 63.1 cm³/mol. The third-order valence-electron chi connectivity index (χ3n) is 2.19. The SMILES string of the molecule is CCO[C@@H](/C=C/C(C)C)[C@H](O)c1ccco1. The summed E-state index contributed by atoms with van der Waals surface area (Å²) in [6.45, 7) is 6.63. The quantitative estimate of drug-likeness (QED) is 0.755. The molecule has 1 heterocycles. The molecule has 0 aliphatic rings. The molecule has 0 saturated carbocycles. The molecular weight excluding hydrogens is 204 g/mol. The second-order valence-corrected chi connectivity index (χ2v) is 4.01. The van der Waals surface area contributed by atoms with Gasteiger partial charge in [-0.05, 0) is 25.0 Å². The zero-order chi connectivity index (χ0) is 12.0. The van der Waals surface area contributed by atoms with Crippen molar-refractivity contribution in [3.8, 4) is 0 Å². The molecule has 1 aromatic rings. The lowest BCUT2D eigenvalue weighted by atomic mass is 10.1. The van der Waals surface area contributed by atoms with E-state index in [2.05, 4.69) is 13.8 Å². The second kappa shape index (κ2) is 6.51. The van der Waals surface area contributed by atoms with Crippen LogP contribution >= 0.6 is 0 Å². The fraction of sp³-hybridized carbons (Fsp3) is 0.538. The Morgan fingerprint density at radius 2 is 2.19 bits per heavy atom. The van der Waals surface area contributed by atoms with Crippen molar-refractivity contribution in [1.82, 2.24) is 0 Å². The molecule has 0 aliphatic heterocycles. The fourth-order valence-electron chi connectivity index (χ4n) is 1.40. The second-order valence-electron chi connectivity index (χ2n) is 4.01. The van der Waals surface area contributed by atoms with E-state index in [1.54, 1.807) is 18.4 Å². The molecule has 1 aromatic heterocycles. The van der Waals surface area contributed by atoms with Gasteiger partial charge in [0.2, 0.25) is 0 Å². The highest BCUT2D eigenvalue weighted by Crippen LogP contribution is 2.21. The minimum atomic E-state index is -0.745. The minimum absolute atomic E-state index is 0.349. The number of hydrogen-bond donors (Lipinski definition) is 1. The number of rotatable bonds is 6. The summed E-state index contributed by atoms with van der Waals surface area (Å²) in [5.74, 6) is 0.971. The van der Waals surface area contributed by atoms with E-state index < -0.39 is 6.10 Å². The Balaban J connectivity index is 2.69. The van der Waals surface area contributed by atoms with E-state index in [4.69, 9.17) is 9.15 Å². The lowest BCUT2D eigenvalue weighted by molar-refractivity contribution is -0.0157. The van der Waals surface area contributed by atoms with Gasteiger partial charge in [0.1, 0.15) is 18.0 Å². The Kier molecular flexibility index (Phi) is 5.29. The molecule has 90 valence electrons. The maximum atomic E-state index is 10.0. The molecule has 3 heteroatoms. The largest absolute Gasteiger partial charge is 0.466 e. The zero-order valence-corrected chi connectivity index (χ0v) is 10.1. The smallest absolute Gasteiger partial charge is 0.141 e. The van der Waals surface area contributed by atoms with Crippen LogP contribution < -0.4 is 0 Å². The molecule has 0 unspecified atom stereocenters. The average Bonchev–Trinajstić information content (AvgIpc) is 2.76. The number of hydrogen-bond acceptors (Lipinski definition) is 3. The Hall–Kier alpha value is -1.06. The van der Waals surface area contributed by atoms with Crippen molar-refractivity contribution in [3.63, 3.8) is 0 Å². The molecule has 0 fully saturated rings. The van der Waals surface area contributed by atoms with Crippen molar-refractivity contribution in [1.29, 1.82) is 0 Å². The summed E-state index contributed by atoms with van der Waals surface area (Å²) in [6.07, 6.45) is 4.37. The first-order valence-electron chi connectivity index (χ1n) is 5.66. The third-order valence-corrected chi connectivity index (χ3v) is 2.19. The number of aliphatic hydroxyl groups excluding tert-OH is 1. The van der Waals surface area contributed by atoms with Crippen LogP contribution in [0.4, 0.5) is 0 Å². The van der Waals surface area contributed by atoms with Crippen LogP contribution in [0.1, 0.15) is 32.6 Å². The van der Waals surface area contributed by atoms with Crippen molar-refractivity contribution >= 4 is 0 Å². The van der Waals surface area contributed by atoms with Gasteiger partial charge < -0.3 is 14.3 Å². The van der Waals surface area contributed by atoms with E-state index in [9.17, 15) is 5.11 Å². The summed E-state index contributed by atoms with van der Waals surface area (Å²) in [5, 5.41) is 10.0. The molecule has 0 saturated heterocycles. The fourth-order valence-corrected chi connectivity index (χ4v) is 1.40. The Labute approximate surface area is 96.7 Å². The van der Waals surface area contributed by atoms with Crippen LogP contribution in [0.25, 0.3) is 0 Å². The number of furan rings is 1. The monoisotopic (exact) mass is 224 g/mol. The molecule has 0 amide bonds. The van der Waals surface area contributed by atoms with Gasteiger partial charge >= 0.3 is 0 Å². The van der Waals surface area contributed by atoms with Gasteiger partial charge in [-0.25, -0.2) is 0 Å². The zero-order valence-electron chi connectivity index (χ0n) is 10.1. The first-order valence-corrected chi connectivity index (χ1v) is 5.66. The molecule has 2 atom stereocenters. The summed E-state index contributed by atoms with van der Waals surface area (Å²) in [6, 6.07) is 3.51. The minimum Gasteiger partial charge on any atom is -0.466 e. The molecule has 0 radical (unpaired) electrons. The summed E-state index contributed by atoms with van der Waals surface area (Å²) in [4.78, 5) is 0. The molecule has 0 aromatic carbocycles. The molecule has 1 rings (SSSR count). The van der Waals surface area contributed by atoms with Gasteiger partial charge in [0.25, 0.3) is 0 Å². The van der Waals surface area contributed by atoms with Crippen LogP contribution in [-0.4, -0.2) is 17.8 Å². The van der Waals surface area contributed by atoms with Crippen LogP contribution in [0.5, 0.6) is 0 Å². The number of aliphatic hydroxyl groups is 1. The highest BCUT2D eigenvalue weighted by atomic mass is 16.5. The normalized spacial score (nSPS) is 15.8. The molecule has 0 spiro atoms. The predicted octanol–water partition coefficient (Wildman–Crippen LogP) is 2.93. The van der Waals surface area contributed by atoms with E-state index in [-0.39, 0.29) is 6.10 Å². The number of allylic oxidation sites excluding steroid dienone is 1. The molecule has 1 N–H and O–H groups in total. The average molecular weight is 224 g/mol. The van der Waals surface area contributed by atoms with E-state index in [1.165, 1.54) is 0 Å². The van der Waals surface area contributed by atoms with Crippen molar-refractivity contribution in [3.05, 3.63) is 36.3 Å². The van der Waals surface area contributed by atoms with Gasteiger partial charge in [-0.1, -0.05) is 26.0 Å². The summed E-state index contributed by atoms with van der Waals surface area (Å²) < 4.78 is 10.6. The third kappa shape index (κ3) is 3.83. The van der Waals surface area contributed by atoms with E-state index in [0.717, 1.165) is 0 Å². The highest BCUT2D eigenvalue weighted by molar-refractivity contribution is 5.08. The molecule has 3 nitrogen and oxygen atoms in total. The lowest BCUT2D eigenvalue weighted by Crippen LogP contribution is -2.19. The standard InChI is InChI=1S/C13H20O3/c1-4-15-12(8-7-10(2)3)13(14)11-6-5-9-16-11/h5-10,12-14H,4H2,1-3H3/b8-7+/t12-,13+/m0/s1. The topological polar surface area (TPSA) is 42.6 Å². The first kappa shape index (κ1) is 13.0. The van der Waals surface area contributed by atoms with Gasteiger partial charge in [0, 0.05) is 6.61 Å². The van der Waals surface area contributed by atoms with Crippen molar-refractivity contribution < 1.29 is 14.3 Å². The van der Waals surface area contributed by atoms with Crippen LogP contribution in [-0.2, 0) is 4.74 Å². The summed E-state index contributed by atoms with van der Waals surface area (Å²) in [7, 11) is 0. The van der Waals surface area contributed by atoms with Gasteiger partial charge in [-0.2, -0.15) is 0 Å². The van der Waals surface area contributed by atoms with Crippen molar-refractivity contribution in [2.75, 3.05) is 6.61 Å². The van der Waals surface area contributed by atoms with Gasteiger partial charge in [-0.15, -0.1) is 0 Å². The van der Waals surface area contributed by atoms with Crippen LogP contribution in [0.2, 0.25) is 0 Å². The van der Waals surface area contributed by atoms with Crippen LogP contribution in [0.15, 0.2) is 35.0 Å². The molecule has 0 aliphatic carbocycles. The van der Waals surface area contributed by atoms with E-state index in [0.29, 0.717) is 18.3 Å². The molecular formula is C13H20O3. The first-order chi connectivity index (χ1) is 7.65. The van der Waals surface area contributed by atoms with Crippen LogP contribution in [0, 0.1) is 5.92 Å². The Morgan fingerprint density at radius 1 is 1.44 bits per heavy atom. The van der Waals surface area contributed by atoms with Crippen molar-refractivity contribution in [2.24, 2.45) is 5.92 Å². The maximum Gasteiger partial charge on any atom is 0.141 e. The lowest BCUT2D eigenvalue weighted by Gasteiger charge is -2.18. The van der Waals surface area contributed by atoms with Gasteiger partial charge in [0.15, 0.2) is 0 Å². The number of ether oxygens (including phenoxy) is 1. The maximum absolute atomic E-state index is 10.0. The summed E-state index contributed by atoms with van der Waals surface area (Å²) in [5.41, 5.74) is 0. The van der Waals surface area contributed by atoms with E-state index >= 15 is 0 Å². The van der Waals surface area contributed by atoms with Gasteiger partial charge in [-0.3, -0.25) is 0 Å². The Bertz CT molecular complexity index is 301. The van der Waals surface area contributed by atoms with Gasteiger partial charge in [0.05, 0.1) is 6.26 Å². The molecule has 0 bridgehead atoms. The highest BCUT2D eigenvalue weighted by Gasteiger charge is 2.20. The molecule has 16 heavy (non-hydrogen) atoms.